The molecule has 1 amide bonds. The average Bonchev–Trinajstić information content (AvgIpc) is 3.18. The maximum atomic E-state index is 13.3. The van der Waals surface area contributed by atoms with E-state index in [9.17, 15) is 14.0 Å². The van der Waals surface area contributed by atoms with Gasteiger partial charge < -0.3 is 14.8 Å². The molecular weight excluding hydrogens is 401 g/mol. The van der Waals surface area contributed by atoms with Crippen molar-refractivity contribution in [3.63, 3.8) is 0 Å². The Hall–Kier alpha value is -3.68. The van der Waals surface area contributed by atoms with E-state index < -0.39 is 18.5 Å². The quantitative estimate of drug-likeness (QED) is 0.612. The van der Waals surface area contributed by atoms with E-state index in [1.54, 1.807) is 41.1 Å². The van der Waals surface area contributed by atoms with Crippen molar-refractivity contribution < 1.29 is 23.5 Å². The van der Waals surface area contributed by atoms with Crippen LogP contribution in [0.3, 0.4) is 0 Å². The molecule has 8 heteroatoms. The first-order chi connectivity index (χ1) is 15.0. The first-order valence-corrected chi connectivity index (χ1v) is 10.0. The zero-order chi connectivity index (χ0) is 21.8. The van der Waals surface area contributed by atoms with Gasteiger partial charge in [-0.2, -0.15) is 5.10 Å². The number of methoxy groups -OCH3 is 1. The third-order valence-electron chi connectivity index (χ3n) is 5.13. The number of aromatic nitrogens is 2. The van der Waals surface area contributed by atoms with Crippen LogP contribution >= 0.6 is 0 Å². The predicted octanol–water partition coefficient (Wildman–Crippen LogP) is 3.69. The molecule has 1 heterocycles. The molecule has 160 valence electrons. The molecule has 7 nitrogen and oxygen atoms in total. The zero-order valence-corrected chi connectivity index (χ0v) is 17.1. The molecule has 0 bridgehead atoms. The number of hydrogen-bond donors (Lipinski definition) is 1. The molecule has 1 N–H and O–H groups in total. The van der Waals surface area contributed by atoms with Gasteiger partial charge in [-0.05, 0) is 62.1 Å². The Bertz CT molecular complexity index is 1110. The number of hydrogen-bond acceptors (Lipinski definition) is 5. The Morgan fingerprint density at radius 2 is 1.90 bits per heavy atom. The number of carbonyl (C=O) groups excluding carboxylic acids is 2. The van der Waals surface area contributed by atoms with E-state index in [-0.39, 0.29) is 11.5 Å². The number of halogens is 1. The predicted molar refractivity (Wildman–Crippen MR) is 112 cm³/mol. The van der Waals surface area contributed by atoms with E-state index in [0.29, 0.717) is 23.5 Å². The van der Waals surface area contributed by atoms with Crippen LogP contribution in [0.15, 0.2) is 48.5 Å². The van der Waals surface area contributed by atoms with Crippen LogP contribution in [0, 0.1) is 5.82 Å². The fourth-order valence-corrected chi connectivity index (χ4v) is 3.66. The minimum Gasteiger partial charge on any atom is -0.497 e. The Kier molecular flexibility index (Phi) is 5.97. The van der Waals surface area contributed by atoms with Gasteiger partial charge in [-0.25, -0.2) is 13.9 Å². The van der Waals surface area contributed by atoms with Gasteiger partial charge in [-0.15, -0.1) is 0 Å². The summed E-state index contributed by atoms with van der Waals surface area (Å²) < 4.78 is 25.3. The van der Waals surface area contributed by atoms with E-state index in [1.807, 2.05) is 0 Å². The molecule has 31 heavy (non-hydrogen) atoms. The fourth-order valence-electron chi connectivity index (χ4n) is 3.66. The van der Waals surface area contributed by atoms with E-state index in [2.05, 4.69) is 10.4 Å². The van der Waals surface area contributed by atoms with Crippen molar-refractivity contribution in [2.45, 2.75) is 25.7 Å². The van der Waals surface area contributed by atoms with E-state index >= 15 is 0 Å². The Labute approximate surface area is 178 Å². The van der Waals surface area contributed by atoms with E-state index in [1.165, 1.54) is 19.2 Å². The highest BCUT2D eigenvalue weighted by Crippen LogP contribution is 2.27. The van der Waals surface area contributed by atoms with E-state index in [4.69, 9.17) is 9.47 Å². The number of benzene rings is 2. The van der Waals surface area contributed by atoms with Crippen molar-refractivity contribution in [1.82, 2.24) is 9.78 Å². The highest BCUT2D eigenvalue weighted by Gasteiger charge is 2.27. The topological polar surface area (TPSA) is 82.4 Å². The van der Waals surface area contributed by atoms with Crippen molar-refractivity contribution in [2.75, 3.05) is 19.0 Å². The number of carbonyl (C=O) groups is 2. The number of ether oxygens (including phenoxy) is 2. The van der Waals surface area contributed by atoms with Gasteiger partial charge in [0.15, 0.2) is 12.3 Å². The van der Waals surface area contributed by atoms with Crippen LogP contribution in [0.2, 0.25) is 0 Å². The minimum atomic E-state index is -0.653. The molecule has 0 aliphatic heterocycles. The normalized spacial score (nSPS) is 12.7. The fraction of sp³-hybridized carbons (Fsp3) is 0.261. The van der Waals surface area contributed by atoms with Crippen LogP contribution in [0.1, 0.15) is 34.6 Å². The van der Waals surface area contributed by atoms with Gasteiger partial charge in [0.05, 0.1) is 12.8 Å². The second-order valence-electron chi connectivity index (χ2n) is 7.23. The van der Waals surface area contributed by atoms with Crippen LogP contribution in [0.5, 0.6) is 5.75 Å². The number of nitrogens with zero attached hydrogens (tertiary/aromatic N) is 2. The van der Waals surface area contributed by atoms with Gasteiger partial charge in [0.25, 0.3) is 5.91 Å². The summed E-state index contributed by atoms with van der Waals surface area (Å²) >= 11 is 0. The molecule has 0 saturated carbocycles. The lowest BCUT2D eigenvalue weighted by molar-refractivity contribution is -0.119. The smallest absolute Gasteiger partial charge is 0.359 e. The second kappa shape index (κ2) is 8.99. The molecule has 0 saturated heterocycles. The van der Waals surface area contributed by atoms with Crippen molar-refractivity contribution in [3.05, 3.63) is 71.3 Å². The van der Waals surface area contributed by atoms with Crippen LogP contribution < -0.4 is 10.1 Å². The molecule has 0 fully saturated rings. The van der Waals surface area contributed by atoms with Gasteiger partial charge in [0.2, 0.25) is 0 Å². The van der Waals surface area contributed by atoms with Crippen LogP contribution in [0.25, 0.3) is 5.69 Å². The number of nitrogens with one attached hydrogen (secondary N) is 1. The molecule has 0 atom stereocenters. The second-order valence-corrected chi connectivity index (χ2v) is 7.23. The highest BCUT2D eigenvalue weighted by atomic mass is 19.1. The van der Waals surface area contributed by atoms with E-state index in [0.717, 1.165) is 30.5 Å². The number of rotatable bonds is 6. The largest absolute Gasteiger partial charge is 0.497 e. The molecule has 1 aromatic heterocycles. The van der Waals surface area contributed by atoms with Crippen LogP contribution in [-0.4, -0.2) is 35.4 Å². The monoisotopic (exact) mass is 423 g/mol. The van der Waals surface area contributed by atoms with Gasteiger partial charge in [-0.3, -0.25) is 4.79 Å². The summed E-state index contributed by atoms with van der Waals surface area (Å²) in [5.74, 6) is -0.854. The van der Waals surface area contributed by atoms with Crippen molar-refractivity contribution in [3.8, 4) is 11.4 Å². The SMILES string of the molecule is COc1cccc(NC(=O)COC(=O)c2nn(-c3ccc(F)cc3)c3c2CCCC3)c1. The first-order valence-electron chi connectivity index (χ1n) is 10.0. The molecule has 0 radical (unpaired) electrons. The Morgan fingerprint density at radius 1 is 1.13 bits per heavy atom. The maximum absolute atomic E-state index is 13.3. The van der Waals surface area contributed by atoms with Crippen molar-refractivity contribution in [2.24, 2.45) is 0 Å². The van der Waals surface area contributed by atoms with Gasteiger partial charge in [0, 0.05) is 23.0 Å². The number of fused-ring (bicyclic) bond motifs is 1. The standard InChI is InChI=1S/C23H22FN3O4/c1-30-18-6-4-5-16(13-18)25-21(28)14-31-23(29)22-19-7-2-3-8-20(19)27(26-22)17-11-9-15(24)10-12-17/h4-6,9-13H,2-3,7-8,14H2,1H3,(H,25,28). The Morgan fingerprint density at radius 3 is 2.68 bits per heavy atom. The lowest BCUT2D eigenvalue weighted by Crippen LogP contribution is -2.21. The van der Waals surface area contributed by atoms with Crippen molar-refractivity contribution >= 4 is 17.6 Å². The summed E-state index contributed by atoms with van der Waals surface area (Å²) in [6, 6.07) is 12.8. The molecule has 1 aliphatic carbocycles. The number of esters is 1. The van der Waals surface area contributed by atoms with Gasteiger partial charge in [0.1, 0.15) is 11.6 Å². The summed E-state index contributed by atoms with van der Waals surface area (Å²) in [4.78, 5) is 24.9. The number of amides is 1. The lowest BCUT2D eigenvalue weighted by Gasteiger charge is -2.14. The summed E-state index contributed by atoms with van der Waals surface area (Å²) in [5.41, 5.74) is 3.17. The summed E-state index contributed by atoms with van der Waals surface area (Å²) in [6.07, 6.45) is 3.40. The molecule has 2 aromatic carbocycles. The first kappa shape index (κ1) is 20.6. The molecule has 1 aliphatic rings. The summed E-state index contributed by atoms with van der Waals surface area (Å²) in [6.45, 7) is -0.436. The summed E-state index contributed by atoms with van der Waals surface area (Å²) in [7, 11) is 1.54. The lowest BCUT2D eigenvalue weighted by atomic mass is 9.95. The zero-order valence-electron chi connectivity index (χ0n) is 17.1. The number of anilines is 1. The van der Waals surface area contributed by atoms with Crippen LogP contribution in [0.4, 0.5) is 10.1 Å². The third-order valence-corrected chi connectivity index (χ3v) is 5.13. The highest BCUT2D eigenvalue weighted by molar-refractivity contribution is 5.95. The molecular formula is C23H22FN3O4. The summed E-state index contributed by atoms with van der Waals surface area (Å²) in [5, 5.41) is 7.11. The van der Waals surface area contributed by atoms with Gasteiger partial charge >= 0.3 is 5.97 Å². The molecule has 0 unspecified atom stereocenters. The minimum absolute atomic E-state index is 0.202. The van der Waals surface area contributed by atoms with Crippen molar-refractivity contribution in [1.29, 1.82) is 0 Å². The van der Waals surface area contributed by atoms with Crippen LogP contribution in [-0.2, 0) is 22.4 Å². The average molecular weight is 423 g/mol. The third kappa shape index (κ3) is 4.58. The maximum Gasteiger partial charge on any atom is 0.359 e. The van der Waals surface area contributed by atoms with Gasteiger partial charge in [-0.1, -0.05) is 6.07 Å². The Balaban J connectivity index is 1.48. The molecule has 0 spiro atoms. The molecule has 4 rings (SSSR count). The molecule has 3 aromatic rings.